The number of benzene rings is 3. The van der Waals surface area contributed by atoms with Crippen LogP contribution >= 0.6 is 11.6 Å². The summed E-state index contributed by atoms with van der Waals surface area (Å²) >= 11 is 6.00. The van der Waals surface area contributed by atoms with Crippen LogP contribution in [0.4, 0.5) is 0 Å². The maximum Gasteiger partial charge on any atom is 0.243 e. The predicted octanol–water partition coefficient (Wildman–Crippen LogP) is 4.39. The summed E-state index contributed by atoms with van der Waals surface area (Å²) in [5.41, 5.74) is 4.71. The van der Waals surface area contributed by atoms with Crippen molar-refractivity contribution < 1.29 is 14.7 Å². The van der Waals surface area contributed by atoms with Gasteiger partial charge >= 0.3 is 0 Å². The van der Waals surface area contributed by atoms with Crippen molar-refractivity contribution >= 4 is 23.4 Å². The Labute approximate surface area is 204 Å². The molecule has 1 heterocycles. The molecule has 1 saturated heterocycles. The van der Waals surface area contributed by atoms with Gasteiger partial charge in [-0.2, -0.15) is 0 Å². The normalized spacial score (nSPS) is 17.7. The Balaban J connectivity index is 1.56. The first-order valence-corrected chi connectivity index (χ1v) is 11.7. The van der Waals surface area contributed by atoms with Crippen molar-refractivity contribution in [2.24, 2.45) is 0 Å². The first kappa shape index (κ1) is 23.7. The third kappa shape index (κ3) is 5.38. The van der Waals surface area contributed by atoms with Gasteiger partial charge in [0.1, 0.15) is 6.04 Å². The molecule has 2 N–H and O–H groups in total. The second-order valence-corrected chi connectivity index (χ2v) is 8.60. The highest BCUT2D eigenvalue weighted by atomic mass is 35.5. The molecule has 2 atom stereocenters. The lowest BCUT2D eigenvalue weighted by Gasteiger charge is -2.29. The molecule has 5 nitrogen and oxygen atoms in total. The van der Waals surface area contributed by atoms with Crippen LogP contribution in [-0.2, 0) is 9.59 Å². The Bertz CT molecular complexity index is 1100. The number of aliphatic hydroxyl groups is 1. The summed E-state index contributed by atoms with van der Waals surface area (Å²) in [5.74, 6) is -1.01. The number of hydrogen-bond acceptors (Lipinski definition) is 3. The zero-order valence-corrected chi connectivity index (χ0v) is 19.4. The molecule has 0 saturated carbocycles. The largest absolute Gasteiger partial charge is 0.387 e. The van der Waals surface area contributed by atoms with Gasteiger partial charge in [-0.25, -0.2) is 0 Å². The number of amides is 2. The van der Waals surface area contributed by atoms with E-state index < -0.39 is 18.1 Å². The lowest BCUT2D eigenvalue weighted by Crippen LogP contribution is -2.48. The van der Waals surface area contributed by atoms with E-state index in [1.807, 2.05) is 78.9 Å². The molecule has 4 rings (SSSR count). The average Bonchev–Trinajstić information content (AvgIpc) is 3.34. The van der Waals surface area contributed by atoms with Crippen LogP contribution in [-0.4, -0.2) is 41.0 Å². The SMILES string of the molecule is O=C(NCC(O)c1ccccc1)[C@@H]1CC(=CCl)CN1C(=O)C(c1ccccc1)c1ccccc1. The van der Waals surface area contributed by atoms with E-state index in [1.165, 1.54) is 5.54 Å². The molecule has 2 amide bonds. The van der Waals surface area contributed by atoms with Gasteiger partial charge in [0.05, 0.1) is 12.0 Å². The number of rotatable bonds is 7. The second-order valence-electron chi connectivity index (χ2n) is 8.38. The van der Waals surface area contributed by atoms with Gasteiger partial charge in [-0.15, -0.1) is 0 Å². The van der Waals surface area contributed by atoms with Gasteiger partial charge in [-0.1, -0.05) is 103 Å². The standard InChI is InChI=1S/C28H27ClN2O3/c29-17-20-16-24(27(33)30-18-25(32)21-10-4-1-5-11-21)31(19-20)28(34)26(22-12-6-2-7-13-22)23-14-8-3-9-15-23/h1-15,17,24-26,32H,16,18-19H2,(H,30,33)/t24-,25?/m0/s1. The summed E-state index contributed by atoms with van der Waals surface area (Å²) in [6.07, 6.45) is -0.473. The molecule has 34 heavy (non-hydrogen) atoms. The summed E-state index contributed by atoms with van der Waals surface area (Å²) in [7, 11) is 0. The number of halogens is 1. The quantitative estimate of drug-likeness (QED) is 0.533. The van der Waals surface area contributed by atoms with Crippen LogP contribution in [0.25, 0.3) is 0 Å². The third-order valence-corrected chi connectivity index (χ3v) is 6.42. The number of likely N-dealkylation sites (tertiary alicyclic amines) is 1. The zero-order chi connectivity index (χ0) is 23.9. The zero-order valence-electron chi connectivity index (χ0n) is 18.7. The van der Waals surface area contributed by atoms with E-state index >= 15 is 0 Å². The molecule has 0 aliphatic carbocycles. The second kappa shape index (κ2) is 11.1. The number of hydrogen-bond donors (Lipinski definition) is 2. The van der Waals surface area contributed by atoms with Crippen LogP contribution in [0.15, 0.2) is 102 Å². The lowest BCUT2D eigenvalue weighted by molar-refractivity contribution is -0.139. The third-order valence-electron chi connectivity index (χ3n) is 6.11. The van der Waals surface area contributed by atoms with Crippen LogP contribution in [0.5, 0.6) is 0 Å². The first-order valence-electron chi connectivity index (χ1n) is 11.3. The van der Waals surface area contributed by atoms with E-state index in [0.29, 0.717) is 6.42 Å². The molecule has 3 aromatic carbocycles. The topological polar surface area (TPSA) is 69.6 Å². The number of nitrogens with one attached hydrogen (secondary N) is 1. The minimum absolute atomic E-state index is 0.0576. The Morgan fingerprint density at radius 2 is 1.41 bits per heavy atom. The summed E-state index contributed by atoms with van der Waals surface area (Å²) in [4.78, 5) is 28.7. The lowest BCUT2D eigenvalue weighted by atomic mass is 9.90. The predicted molar refractivity (Wildman–Crippen MR) is 133 cm³/mol. The molecule has 0 bridgehead atoms. The molecule has 174 valence electrons. The minimum Gasteiger partial charge on any atom is -0.387 e. The van der Waals surface area contributed by atoms with E-state index in [0.717, 1.165) is 22.3 Å². The molecular weight excluding hydrogens is 448 g/mol. The average molecular weight is 475 g/mol. The summed E-state index contributed by atoms with van der Waals surface area (Å²) in [6, 6.07) is 27.6. The van der Waals surface area contributed by atoms with E-state index in [4.69, 9.17) is 11.6 Å². The Morgan fingerprint density at radius 3 is 1.91 bits per heavy atom. The maximum atomic E-state index is 13.9. The van der Waals surface area contributed by atoms with Crippen molar-refractivity contribution in [2.75, 3.05) is 13.1 Å². The molecule has 1 aliphatic heterocycles. The van der Waals surface area contributed by atoms with Crippen LogP contribution in [0, 0.1) is 0 Å². The van der Waals surface area contributed by atoms with Gasteiger partial charge in [0.25, 0.3) is 0 Å². The fourth-order valence-electron chi connectivity index (χ4n) is 4.34. The molecule has 6 heteroatoms. The summed E-state index contributed by atoms with van der Waals surface area (Å²) in [5, 5.41) is 13.3. The van der Waals surface area contributed by atoms with Crippen molar-refractivity contribution in [2.45, 2.75) is 24.5 Å². The van der Waals surface area contributed by atoms with E-state index in [1.54, 1.807) is 17.0 Å². The summed E-state index contributed by atoms with van der Waals surface area (Å²) < 4.78 is 0. The van der Waals surface area contributed by atoms with Crippen molar-refractivity contribution in [1.29, 1.82) is 0 Å². The van der Waals surface area contributed by atoms with E-state index in [2.05, 4.69) is 5.32 Å². The molecule has 1 aliphatic rings. The van der Waals surface area contributed by atoms with Gasteiger partial charge in [-0.3, -0.25) is 9.59 Å². The Hall–Kier alpha value is -3.41. The van der Waals surface area contributed by atoms with E-state index in [-0.39, 0.29) is 24.9 Å². The van der Waals surface area contributed by atoms with Crippen molar-refractivity contribution in [1.82, 2.24) is 10.2 Å². The molecular formula is C28H27ClN2O3. The van der Waals surface area contributed by atoms with Gasteiger partial charge < -0.3 is 15.3 Å². The molecule has 1 unspecified atom stereocenters. The number of nitrogens with zero attached hydrogens (tertiary/aromatic N) is 1. The fraction of sp³-hybridized carbons (Fsp3) is 0.214. The highest BCUT2D eigenvalue weighted by molar-refractivity contribution is 6.25. The minimum atomic E-state index is -0.833. The van der Waals surface area contributed by atoms with Crippen LogP contribution in [0.1, 0.15) is 35.1 Å². The Kier molecular flexibility index (Phi) is 7.78. The molecule has 0 spiro atoms. The van der Waals surface area contributed by atoms with Gasteiger partial charge in [-0.05, 0) is 22.3 Å². The molecule has 0 aromatic heterocycles. The number of aliphatic hydroxyl groups excluding tert-OH is 1. The highest BCUT2D eigenvalue weighted by Crippen LogP contribution is 2.32. The van der Waals surface area contributed by atoms with Crippen LogP contribution < -0.4 is 5.32 Å². The molecule has 0 radical (unpaired) electrons. The molecule has 1 fully saturated rings. The fourth-order valence-corrected chi connectivity index (χ4v) is 4.50. The van der Waals surface area contributed by atoms with Gasteiger partial charge in [0.15, 0.2) is 0 Å². The Morgan fingerprint density at radius 1 is 0.912 bits per heavy atom. The van der Waals surface area contributed by atoms with Gasteiger partial charge in [0.2, 0.25) is 11.8 Å². The monoisotopic (exact) mass is 474 g/mol. The first-order chi connectivity index (χ1) is 16.6. The number of carbonyl (C=O) groups excluding carboxylic acids is 2. The van der Waals surface area contributed by atoms with Crippen LogP contribution in [0.2, 0.25) is 0 Å². The van der Waals surface area contributed by atoms with E-state index in [9.17, 15) is 14.7 Å². The maximum absolute atomic E-state index is 13.9. The summed E-state index contributed by atoms with van der Waals surface area (Å²) in [6.45, 7) is 0.347. The smallest absolute Gasteiger partial charge is 0.243 e. The van der Waals surface area contributed by atoms with Crippen LogP contribution in [0.3, 0.4) is 0 Å². The highest BCUT2D eigenvalue weighted by Gasteiger charge is 2.40. The number of carbonyl (C=O) groups is 2. The van der Waals surface area contributed by atoms with Crippen molar-refractivity contribution in [3.05, 3.63) is 119 Å². The molecule has 3 aromatic rings. The van der Waals surface area contributed by atoms with Crippen molar-refractivity contribution in [3.63, 3.8) is 0 Å². The van der Waals surface area contributed by atoms with Gasteiger partial charge in [0, 0.05) is 25.0 Å². The van der Waals surface area contributed by atoms with Crippen molar-refractivity contribution in [3.8, 4) is 0 Å².